The molecule has 1 aliphatic rings. The molecule has 5 nitrogen and oxygen atoms in total. The normalized spacial score (nSPS) is 13.1. The zero-order chi connectivity index (χ0) is 22.7. The molecule has 0 aliphatic heterocycles. The summed E-state index contributed by atoms with van der Waals surface area (Å²) in [5.74, 6) is -0.0879. The first kappa shape index (κ1) is 21.4. The number of alkyl carbamates (subject to hydrolysis) is 1. The lowest BCUT2D eigenvalue weighted by Crippen LogP contribution is -2.26. The second kappa shape index (κ2) is 8.74. The van der Waals surface area contributed by atoms with E-state index >= 15 is 0 Å². The lowest BCUT2D eigenvalue weighted by molar-refractivity contribution is -0.137. The predicted octanol–water partition coefficient (Wildman–Crippen LogP) is 5.23. The molecule has 3 N–H and O–H groups in total. The van der Waals surface area contributed by atoms with Gasteiger partial charge in [0.05, 0.1) is 5.56 Å². The zero-order valence-corrected chi connectivity index (χ0v) is 16.9. The van der Waals surface area contributed by atoms with Gasteiger partial charge in [-0.1, -0.05) is 60.7 Å². The van der Waals surface area contributed by atoms with Crippen LogP contribution in [0.1, 0.15) is 28.2 Å². The van der Waals surface area contributed by atoms with Crippen molar-refractivity contribution in [1.82, 2.24) is 10.3 Å². The molecule has 0 spiro atoms. The van der Waals surface area contributed by atoms with Crippen molar-refractivity contribution in [1.29, 1.82) is 0 Å². The van der Waals surface area contributed by atoms with Crippen LogP contribution in [0.15, 0.2) is 66.9 Å². The van der Waals surface area contributed by atoms with E-state index in [0.717, 1.165) is 28.3 Å². The minimum Gasteiger partial charge on any atom is -0.449 e. The number of nitrogens with two attached hydrogens (primary N) is 1. The number of alkyl halides is 3. The third-order valence-corrected chi connectivity index (χ3v) is 5.28. The first-order valence-corrected chi connectivity index (χ1v) is 9.92. The number of carbonyl (C=O) groups is 1. The van der Waals surface area contributed by atoms with Gasteiger partial charge in [-0.05, 0) is 28.3 Å². The zero-order valence-electron chi connectivity index (χ0n) is 16.9. The number of halogens is 3. The number of nitrogens with one attached hydrogen (secondary N) is 1. The molecule has 0 unspecified atom stereocenters. The molecule has 0 radical (unpaired) electrons. The summed E-state index contributed by atoms with van der Waals surface area (Å²) in [4.78, 5) is 15.7. The topological polar surface area (TPSA) is 77.2 Å². The molecule has 164 valence electrons. The number of hydrogen-bond donors (Lipinski definition) is 2. The van der Waals surface area contributed by atoms with Crippen molar-refractivity contribution < 1.29 is 22.7 Å². The number of fused-ring (bicyclic) bond motifs is 3. The Morgan fingerprint density at radius 3 is 2.34 bits per heavy atom. The van der Waals surface area contributed by atoms with Gasteiger partial charge in [-0.2, -0.15) is 13.2 Å². The van der Waals surface area contributed by atoms with E-state index in [0.29, 0.717) is 6.20 Å². The molecule has 0 saturated carbocycles. The lowest BCUT2D eigenvalue weighted by Gasteiger charge is -2.14. The SMILES string of the molecule is Nc1ncc(C(F)(F)F)cc1C=CCNC(=O)OCC1c2ccccc2-c2ccccc21. The van der Waals surface area contributed by atoms with Gasteiger partial charge >= 0.3 is 12.3 Å². The number of hydrogen-bond acceptors (Lipinski definition) is 4. The molecule has 0 atom stereocenters. The monoisotopic (exact) mass is 439 g/mol. The highest BCUT2D eigenvalue weighted by molar-refractivity contribution is 5.79. The highest BCUT2D eigenvalue weighted by Crippen LogP contribution is 2.44. The van der Waals surface area contributed by atoms with Crippen molar-refractivity contribution in [3.05, 3.63) is 89.1 Å². The van der Waals surface area contributed by atoms with Crippen LogP contribution in [0.25, 0.3) is 17.2 Å². The average Bonchev–Trinajstić information content (AvgIpc) is 3.09. The summed E-state index contributed by atoms with van der Waals surface area (Å²) in [7, 11) is 0. The number of aromatic nitrogens is 1. The standard InChI is InChI=1S/C24H20F3N3O2/c25-24(26,27)16-12-15(22(28)30-13-16)6-5-11-29-23(31)32-14-21-19-9-3-1-7-17(19)18-8-2-4-10-20(18)21/h1-10,12-13,21H,11,14H2,(H2,28,30)(H,29,31). The maximum atomic E-state index is 12.8. The van der Waals surface area contributed by atoms with Crippen LogP contribution in [0.5, 0.6) is 0 Å². The van der Waals surface area contributed by atoms with Crippen LogP contribution in [0, 0.1) is 0 Å². The maximum absolute atomic E-state index is 12.8. The molecule has 0 fully saturated rings. The number of carbonyl (C=O) groups excluding carboxylic acids is 1. The van der Waals surface area contributed by atoms with Gasteiger partial charge in [-0.3, -0.25) is 0 Å². The molecule has 4 rings (SSSR count). The fourth-order valence-electron chi connectivity index (χ4n) is 3.76. The van der Waals surface area contributed by atoms with Crippen LogP contribution in [0.2, 0.25) is 0 Å². The van der Waals surface area contributed by atoms with Crippen LogP contribution in [0.3, 0.4) is 0 Å². The van der Waals surface area contributed by atoms with Gasteiger partial charge in [0.2, 0.25) is 0 Å². The Morgan fingerprint density at radius 1 is 1.09 bits per heavy atom. The molecular formula is C24H20F3N3O2. The summed E-state index contributed by atoms with van der Waals surface area (Å²) in [6.45, 7) is 0.237. The second-order valence-electron chi connectivity index (χ2n) is 7.31. The fraction of sp³-hybridized carbons (Fsp3) is 0.167. The molecule has 8 heteroatoms. The number of benzene rings is 2. The summed E-state index contributed by atoms with van der Waals surface area (Å²) in [6.07, 6.45) is -1.59. The number of pyridine rings is 1. The molecule has 32 heavy (non-hydrogen) atoms. The van der Waals surface area contributed by atoms with Crippen LogP contribution < -0.4 is 11.1 Å². The number of nitrogens with zero attached hydrogens (tertiary/aromatic N) is 1. The molecule has 0 saturated heterocycles. The molecule has 2 aromatic carbocycles. The Balaban J connectivity index is 1.34. The molecule has 1 amide bonds. The van der Waals surface area contributed by atoms with Crippen molar-refractivity contribution in [3.8, 4) is 11.1 Å². The smallest absolute Gasteiger partial charge is 0.417 e. The van der Waals surface area contributed by atoms with Gasteiger partial charge in [-0.15, -0.1) is 0 Å². The Hall–Kier alpha value is -3.81. The first-order valence-electron chi connectivity index (χ1n) is 9.92. The van der Waals surface area contributed by atoms with E-state index < -0.39 is 17.8 Å². The number of nitrogen functional groups attached to an aromatic ring is 1. The first-order chi connectivity index (χ1) is 15.3. The van der Waals surface area contributed by atoms with E-state index in [2.05, 4.69) is 10.3 Å². The predicted molar refractivity (Wildman–Crippen MR) is 116 cm³/mol. The third-order valence-electron chi connectivity index (χ3n) is 5.28. The molecule has 0 bridgehead atoms. The van der Waals surface area contributed by atoms with Crippen molar-refractivity contribution in [3.63, 3.8) is 0 Å². The van der Waals surface area contributed by atoms with Crippen LogP contribution in [-0.4, -0.2) is 24.2 Å². The van der Waals surface area contributed by atoms with Gasteiger partial charge < -0.3 is 15.8 Å². The molecule has 1 aromatic heterocycles. The van der Waals surface area contributed by atoms with E-state index in [9.17, 15) is 18.0 Å². The largest absolute Gasteiger partial charge is 0.449 e. The fourth-order valence-corrected chi connectivity index (χ4v) is 3.76. The van der Waals surface area contributed by atoms with E-state index in [1.807, 2.05) is 48.5 Å². The third kappa shape index (κ3) is 4.44. The van der Waals surface area contributed by atoms with Crippen LogP contribution in [0.4, 0.5) is 23.8 Å². The average molecular weight is 439 g/mol. The highest BCUT2D eigenvalue weighted by atomic mass is 19.4. The summed E-state index contributed by atoms with van der Waals surface area (Å²) in [6, 6.07) is 16.9. The van der Waals surface area contributed by atoms with Gasteiger partial charge in [0.15, 0.2) is 0 Å². The summed E-state index contributed by atoms with van der Waals surface area (Å²) >= 11 is 0. The minimum atomic E-state index is -4.51. The highest BCUT2D eigenvalue weighted by Gasteiger charge is 2.31. The van der Waals surface area contributed by atoms with E-state index in [-0.39, 0.29) is 30.5 Å². The second-order valence-corrected chi connectivity index (χ2v) is 7.31. The van der Waals surface area contributed by atoms with Crippen molar-refractivity contribution in [2.45, 2.75) is 12.1 Å². The van der Waals surface area contributed by atoms with Gasteiger partial charge in [0, 0.05) is 24.2 Å². The molecular weight excluding hydrogens is 419 g/mol. The summed E-state index contributed by atoms with van der Waals surface area (Å²) in [5.41, 5.74) is 9.33. The van der Waals surface area contributed by atoms with Crippen molar-refractivity contribution in [2.75, 3.05) is 18.9 Å². The Bertz CT molecular complexity index is 1130. The van der Waals surface area contributed by atoms with E-state index in [1.165, 1.54) is 12.2 Å². The Kier molecular flexibility index (Phi) is 5.85. The number of ether oxygens (including phenoxy) is 1. The number of rotatable bonds is 5. The summed E-state index contributed by atoms with van der Waals surface area (Å²) < 4.78 is 43.9. The number of anilines is 1. The van der Waals surface area contributed by atoms with E-state index in [1.54, 1.807) is 0 Å². The van der Waals surface area contributed by atoms with Crippen molar-refractivity contribution >= 4 is 18.0 Å². The molecule has 3 aromatic rings. The van der Waals surface area contributed by atoms with E-state index in [4.69, 9.17) is 10.5 Å². The molecule has 1 heterocycles. The Morgan fingerprint density at radius 2 is 1.72 bits per heavy atom. The van der Waals surface area contributed by atoms with Crippen LogP contribution in [-0.2, 0) is 10.9 Å². The maximum Gasteiger partial charge on any atom is 0.417 e. The Labute approximate surface area is 182 Å². The summed E-state index contributed by atoms with van der Waals surface area (Å²) in [5, 5.41) is 2.56. The van der Waals surface area contributed by atoms with Crippen LogP contribution >= 0.6 is 0 Å². The quantitative estimate of drug-likeness (QED) is 0.570. The minimum absolute atomic E-state index is 0.0320. The molecule has 1 aliphatic carbocycles. The van der Waals surface area contributed by atoms with Gasteiger partial charge in [0.1, 0.15) is 12.4 Å². The number of amides is 1. The van der Waals surface area contributed by atoms with Gasteiger partial charge in [0.25, 0.3) is 0 Å². The lowest BCUT2D eigenvalue weighted by atomic mass is 9.98. The van der Waals surface area contributed by atoms with Crippen molar-refractivity contribution in [2.24, 2.45) is 0 Å². The van der Waals surface area contributed by atoms with Gasteiger partial charge in [-0.25, -0.2) is 9.78 Å².